The number of rotatable bonds is 3. The number of fused-ring (bicyclic) bond motifs is 1. The fourth-order valence-corrected chi connectivity index (χ4v) is 4.63. The quantitative estimate of drug-likeness (QED) is 0.663. The second kappa shape index (κ2) is 6.13. The van der Waals surface area contributed by atoms with Crippen LogP contribution in [0.5, 0.6) is 0 Å². The number of anilines is 1. The number of piperidine rings is 2. The minimum Gasteiger partial charge on any atom is -0.381 e. The average Bonchev–Trinajstić information content (AvgIpc) is 3.36. The first-order chi connectivity index (χ1) is 13.5. The number of benzene rings is 1. The summed E-state index contributed by atoms with van der Waals surface area (Å²) in [5.41, 5.74) is 1.85. The van der Waals surface area contributed by atoms with Crippen LogP contribution in [0.25, 0.3) is 0 Å². The molecule has 0 aromatic heterocycles. The number of nitrogens with one attached hydrogen (secondary N) is 3. The molecule has 1 aliphatic carbocycles. The van der Waals surface area contributed by atoms with Gasteiger partial charge in [-0.3, -0.25) is 29.4 Å². The number of imide groups is 2. The van der Waals surface area contributed by atoms with Gasteiger partial charge >= 0.3 is 0 Å². The maximum Gasteiger partial charge on any atom is 0.262 e. The molecule has 3 heterocycles. The third-order valence-electron chi connectivity index (χ3n) is 6.34. The topological polar surface area (TPSA) is 108 Å². The number of nitrogens with zero attached hydrogens (tertiary/aromatic N) is 1. The number of hydrogen-bond donors (Lipinski definition) is 3. The third kappa shape index (κ3) is 2.79. The largest absolute Gasteiger partial charge is 0.381 e. The van der Waals surface area contributed by atoms with Gasteiger partial charge in [-0.15, -0.1) is 0 Å². The van der Waals surface area contributed by atoms with E-state index in [1.165, 1.54) is 12.8 Å². The summed E-state index contributed by atoms with van der Waals surface area (Å²) in [4.78, 5) is 50.1. The molecule has 5 rings (SSSR count). The fraction of sp³-hybridized carbons (Fsp3) is 0.500. The van der Waals surface area contributed by atoms with Gasteiger partial charge in [0.15, 0.2) is 0 Å². The van der Waals surface area contributed by atoms with Gasteiger partial charge in [-0.05, 0) is 49.3 Å². The van der Waals surface area contributed by atoms with Crippen molar-refractivity contribution in [1.29, 1.82) is 0 Å². The van der Waals surface area contributed by atoms with Gasteiger partial charge in [0.25, 0.3) is 11.8 Å². The Balaban J connectivity index is 1.35. The summed E-state index contributed by atoms with van der Waals surface area (Å²) in [5, 5.41) is 9.16. The van der Waals surface area contributed by atoms with Crippen LogP contribution < -0.4 is 16.0 Å². The molecule has 146 valence electrons. The van der Waals surface area contributed by atoms with Crippen LogP contribution in [0.1, 0.15) is 52.8 Å². The van der Waals surface area contributed by atoms with Gasteiger partial charge in [0.2, 0.25) is 11.8 Å². The van der Waals surface area contributed by atoms with E-state index in [0.29, 0.717) is 16.5 Å². The van der Waals surface area contributed by atoms with Crippen molar-refractivity contribution in [3.8, 4) is 0 Å². The molecule has 1 saturated carbocycles. The molecule has 8 heteroatoms. The summed E-state index contributed by atoms with van der Waals surface area (Å²) in [6.07, 6.45) is 3.91. The highest BCUT2D eigenvalue weighted by Crippen LogP contribution is 2.50. The maximum absolute atomic E-state index is 12.9. The SMILES string of the molecule is O=C1CCC(N2C(=O)c3ccc(NC4CNCC5(CC5)C4)cc3C2=O)C(=O)N1. The van der Waals surface area contributed by atoms with Crippen LogP contribution in [-0.4, -0.2) is 53.7 Å². The zero-order valence-electron chi connectivity index (χ0n) is 15.4. The van der Waals surface area contributed by atoms with Gasteiger partial charge in [-0.2, -0.15) is 0 Å². The van der Waals surface area contributed by atoms with Crippen molar-refractivity contribution in [2.75, 3.05) is 18.4 Å². The van der Waals surface area contributed by atoms with Crippen molar-refractivity contribution < 1.29 is 19.2 Å². The zero-order chi connectivity index (χ0) is 19.5. The van der Waals surface area contributed by atoms with E-state index in [4.69, 9.17) is 0 Å². The van der Waals surface area contributed by atoms with Crippen LogP contribution >= 0.6 is 0 Å². The molecular weight excluding hydrogens is 360 g/mol. The molecule has 8 nitrogen and oxygen atoms in total. The standard InChI is InChI=1S/C20H22N4O4/c25-16-4-3-15(17(26)23-16)24-18(27)13-2-1-11(7-14(13)19(24)28)22-12-8-20(5-6-20)10-21-9-12/h1-2,7,12,15,21-22H,3-6,8-10H2,(H,23,25,26). The first kappa shape index (κ1) is 17.4. The second-order valence-corrected chi connectivity index (χ2v) is 8.38. The lowest BCUT2D eigenvalue weighted by molar-refractivity contribution is -0.136. The van der Waals surface area contributed by atoms with Gasteiger partial charge in [-0.1, -0.05) is 0 Å². The lowest BCUT2D eigenvalue weighted by Crippen LogP contribution is -2.54. The van der Waals surface area contributed by atoms with E-state index in [1.807, 2.05) is 6.07 Å². The Morgan fingerprint density at radius 2 is 1.86 bits per heavy atom. The Morgan fingerprint density at radius 3 is 2.61 bits per heavy atom. The monoisotopic (exact) mass is 382 g/mol. The molecule has 2 saturated heterocycles. The van der Waals surface area contributed by atoms with Crippen molar-refractivity contribution in [1.82, 2.24) is 15.5 Å². The molecule has 4 amide bonds. The molecule has 1 aromatic rings. The third-order valence-corrected chi connectivity index (χ3v) is 6.34. The zero-order valence-corrected chi connectivity index (χ0v) is 15.4. The molecule has 1 aromatic carbocycles. The molecule has 3 fully saturated rings. The predicted molar refractivity (Wildman–Crippen MR) is 99.7 cm³/mol. The molecule has 3 aliphatic heterocycles. The Bertz CT molecular complexity index is 907. The Morgan fingerprint density at radius 1 is 1.07 bits per heavy atom. The van der Waals surface area contributed by atoms with E-state index in [1.54, 1.807) is 12.1 Å². The summed E-state index contributed by atoms with van der Waals surface area (Å²) in [6, 6.07) is 4.51. The molecule has 4 aliphatic rings. The Labute approximate surface area is 162 Å². The normalized spacial score (nSPS) is 28.4. The van der Waals surface area contributed by atoms with E-state index in [0.717, 1.165) is 30.1 Å². The van der Waals surface area contributed by atoms with Gasteiger partial charge in [0, 0.05) is 31.2 Å². The highest BCUT2D eigenvalue weighted by molar-refractivity contribution is 6.23. The highest BCUT2D eigenvalue weighted by atomic mass is 16.2. The van der Waals surface area contributed by atoms with Crippen molar-refractivity contribution >= 4 is 29.3 Å². The van der Waals surface area contributed by atoms with Crippen LogP contribution in [0.15, 0.2) is 18.2 Å². The van der Waals surface area contributed by atoms with Crippen LogP contribution in [0, 0.1) is 5.41 Å². The number of carbonyl (C=O) groups is 4. The van der Waals surface area contributed by atoms with E-state index < -0.39 is 23.8 Å². The lowest BCUT2D eigenvalue weighted by Gasteiger charge is -2.31. The van der Waals surface area contributed by atoms with Crippen LogP contribution in [0.2, 0.25) is 0 Å². The van der Waals surface area contributed by atoms with E-state index in [2.05, 4.69) is 16.0 Å². The molecule has 0 bridgehead atoms. The van der Waals surface area contributed by atoms with Crippen molar-refractivity contribution in [3.63, 3.8) is 0 Å². The van der Waals surface area contributed by atoms with Crippen LogP contribution in [0.3, 0.4) is 0 Å². The summed E-state index contributed by atoms with van der Waals surface area (Å²) in [7, 11) is 0. The summed E-state index contributed by atoms with van der Waals surface area (Å²) in [5.74, 6) is -1.91. The first-order valence-electron chi connectivity index (χ1n) is 9.79. The predicted octanol–water partition coefficient (Wildman–Crippen LogP) is 0.642. The van der Waals surface area contributed by atoms with E-state index >= 15 is 0 Å². The highest BCUT2D eigenvalue weighted by Gasteiger charge is 2.47. The molecule has 3 N–H and O–H groups in total. The molecule has 2 atom stereocenters. The second-order valence-electron chi connectivity index (χ2n) is 8.38. The summed E-state index contributed by atoms with van der Waals surface area (Å²) in [6.45, 7) is 1.94. The molecular formula is C20H22N4O4. The van der Waals surface area contributed by atoms with Gasteiger partial charge in [0.1, 0.15) is 6.04 Å². The lowest BCUT2D eigenvalue weighted by atomic mass is 9.92. The van der Waals surface area contributed by atoms with Gasteiger partial charge in [0.05, 0.1) is 11.1 Å². The van der Waals surface area contributed by atoms with Crippen molar-refractivity contribution in [3.05, 3.63) is 29.3 Å². The smallest absolute Gasteiger partial charge is 0.262 e. The number of carbonyl (C=O) groups excluding carboxylic acids is 4. The Hall–Kier alpha value is -2.74. The van der Waals surface area contributed by atoms with Crippen molar-refractivity contribution in [2.45, 2.75) is 44.2 Å². The van der Waals surface area contributed by atoms with Crippen LogP contribution in [-0.2, 0) is 9.59 Å². The molecule has 2 unspecified atom stereocenters. The van der Waals surface area contributed by atoms with E-state index in [-0.39, 0.29) is 24.8 Å². The molecule has 28 heavy (non-hydrogen) atoms. The van der Waals surface area contributed by atoms with Crippen molar-refractivity contribution in [2.24, 2.45) is 5.41 Å². The van der Waals surface area contributed by atoms with E-state index in [9.17, 15) is 19.2 Å². The maximum atomic E-state index is 12.9. The number of amides is 4. The fourth-order valence-electron chi connectivity index (χ4n) is 4.63. The average molecular weight is 382 g/mol. The van der Waals surface area contributed by atoms with Gasteiger partial charge in [-0.25, -0.2) is 0 Å². The number of hydrogen-bond acceptors (Lipinski definition) is 6. The molecule has 0 radical (unpaired) electrons. The Kier molecular flexibility index (Phi) is 3.80. The first-order valence-corrected chi connectivity index (χ1v) is 9.79. The minimum absolute atomic E-state index is 0.118. The summed E-state index contributed by atoms with van der Waals surface area (Å²) < 4.78 is 0. The van der Waals surface area contributed by atoms with Crippen LogP contribution in [0.4, 0.5) is 5.69 Å². The summed E-state index contributed by atoms with van der Waals surface area (Å²) >= 11 is 0. The minimum atomic E-state index is -0.932. The molecule has 1 spiro atoms. The van der Waals surface area contributed by atoms with Gasteiger partial charge < -0.3 is 10.6 Å².